The van der Waals surface area contributed by atoms with Gasteiger partial charge < -0.3 is 34.0 Å². The van der Waals surface area contributed by atoms with Crippen molar-refractivity contribution in [2.24, 2.45) is 0 Å². The number of quaternary nitrogens is 1. The molecule has 7 nitrogen and oxygen atoms in total. The van der Waals surface area contributed by atoms with Gasteiger partial charge >= 0.3 is 29.6 Å². The van der Waals surface area contributed by atoms with Crippen molar-refractivity contribution in [2.45, 2.75) is 50.1 Å². The van der Waals surface area contributed by atoms with Crippen molar-refractivity contribution >= 4 is 15.2 Å². The van der Waals surface area contributed by atoms with Gasteiger partial charge in [-0.1, -0.05) is 12.8 Å². The SMILES string of the molecule is O=P([O-])(O)C([NH2+]C1CCCCCC1)P(=O)([O-])O.[Na+]. The first-order chi connectivity index (χ1) is 7.71. The summed E-state index contributed by atoms with van der Waals surface area (Å²) in [5.41, 5.74) is -2.17. The van der Waals surface area contributed by atoms with E-state index in [-0.39, 0.29) is 35.6 Å². The van der Waals surface area contributed by atoms with E-state index in [0.29, 0.717) is 12.8 Å². The van der Waals surface area contributed by atoms with Crippen LogP contribution in [0.3, 0.4) is 0 Å². The van der Waals surface area contributed by atoms with Crippen molar-refractivity contribution in [3.63, 3.8) is 0 Å². The van der Waals surface area contributed by atoms with Gasteiger partial charge in [0.25, 0.3) is 0 Å². The third kappa shape index (κ3) is 6.62. The van der Waals surface area contributed by atoms with Gasteiger partial charge in [0.05, 0.1) is 6.04 Å². The second kappa shape index (κ2) is 7.89. The summed E-state index contributed by atoms with van der Waals surface area (Å²) in [6, 6.07) is -0.189. The summed E-state index contributed by atoms with van der Waals surface area (Å²) in [7, 11) is -10.2. The summed E-state index contributed by atoms with van der Waals surface area (Å²) in [4.78, 5) is 39.6. The van der Waals surface area contributed by atoms with Crippen LogP contribution in [0, 0.1) is 0 Å². The predicted octanol–water partition coefficient (Wildman–Crippen LogP) is -4.35. The van der Waals surface area contributed by atoms with Gasteiger partial charge in [-0.15, -0.1) is 0 Å². The van der Waals surface area contributed by atoms with E-state index in [9.17, 15) is 18.9 Å². The van der Waals surface area contributed by atoms with E-state index in [1.54, 1.807) is 0 Å². The average Bonchev–Trinajstić information content (AvgIpc) is 2.38. The Bertz CT molecular complexity index is 312. The standard InChI is InChI=1S/C8H19NO6P2.Na/c10-16(11,12)8(17(13,14)15)9-7-5-3-1-2-4-6-7;/h7-9H,1-6H2,(H2,10,11,12)(H2,13,14,15);/q;+1/p-1. The molecule has 0 radical (unpaired) electrons. The van der Waals surface area contributed by atoms with Gasteiger partial charge in [-0.05, 0) is 25.7 Å². The van der Waals surface area contributed by atoms with Crippen molar-refractivity contribution in [1.29, 1.82) is 0 Å². The molecule has 0 aromatic carbocycles. The Labute approximate surface area is 128 Å². The Kier molecular flexibility index (Phi) is 8.44. The predicted molar refractivity (Wildman–Crippen MR) is 56.9 cm³/mol. The summed E-state index contributed by atoms with van der Waals surface area (Å²) in [6.45, 7) is 0. The maximum atomic E-state index is 11.0. The van der Waals surface area contributed by atoms with Crippen LogP contribution in [0.5, 0.6) is 0 Å². The Morgan fingerprint density at radius 1 is 1.00 bits per heavy atom. The molecule has 0 aromatic heterocycles. The summed E-state index contributed by atoms with van der Waals surface area (Å²) in [5, 5.41) is 1.06. The number of rotatable bonds is 4. The smallest absolute Gasteiger partial charge is 0.774 e. The molecule has 18 heavy (non-hydrogen) atoms. The molecular formula is C8H18NNaO6P2. The zero-order valence-electron chi connectivity index (χ0n) is 10.4. The van der Waals surface area contributed by atoms with E-state index in [2.05, 4.69) is 0 Å². The summed E-state index contributed by atoms with van der Waals surface area (Å²) in [5.74, 6) is 0. The van der Waals surface area contributed by atoms with Gasteiger partial charge in [0.2, 0.25) is 5.52 Å². The molecule has 1 fully saturated rings. The summed E-state index contributed by atoms with van der Waals surface area (Å²) >= 11 is 0. The third-order valence-electron chi connectivity index (χ3n) is 3.01. The van der Waals surface area contributed by atoms with Gasteiger partial charge in [0.1, 0.15) is 0 Å². The maximum absolute atomic E-state index is 11.0. The first-order valence-electron chi connectivity index (χ1n) is 5.63. The number of hydrogen-bond donors (Lipinski definition) is 3. The molecule has 0 bridgehead atoms. The molecule has 0 aromatic rings. The van der Waals surface area contributed by atoms with Crippen molar-refractivity contribution in [3.8, 4) is 0 Å². The van der Waals surface area contributed by atoms with Crippen LogP contribution < -0.4 is 44.7 Å². The minimum Gasteiger partial charge on any atom is -0.774 e. The van der Waals surface area contributed by atoms with Crippen molar-refractivity contribution < 1.29 is 63.6 Å². The Hall–Kier alpha value is 1.26. The van der Waals surface area contributed by atoms with E-state index >= 15 is 0 Å². The Morgan fingerprint density at radius 3 is 1.72 bits per heavy atom. The van der Waals surface area contributed by atoms with Crippen LogP contribution >= 0.6 is 15.2 Å². The molecular weight excluding hydrogens is 291 g/mol. The van der Waals surface area contributed by atoms with Gasteiger partial charge in [-0.3, -0.25) is 0 Å². The molecule has 1 aliphatic rings. The minimum atomic E-state index is -5.11. The molecule has 0 heterocycles. The van der Waals surface area contributed by atoms with Gasteiger partial charge in [-0.25, -0.2) is 0 Å². The Morgan fingerprint density at radius 2 is 1.39 bits per heavy atom. The summed E-state index contributed by atoms with van der Waals surface area (Å²) in [6.07, 6.45) is 5.26. The zero-order chi connectivity index (χ0) is 13.1. The fourth-order valence-electron chi connectivity index (χ4n) is 2.15. The molecule has 0 amide bonds. The zero-order valence-corrected chi connectivity index (χ0v) is 14.2. The van der Waals surface area contributed by atoms with Crippen molar-refractivity contribution in [2.75, 3.05) is 0 Å². The van der Waals surface area contributed by atoms with E-state index in [0.717, 1.165) is 31.0 Å². The van der Waals surface area contributed by atoms with Crippen LogP contribution in [-0.2, 0) is 9.13 Å². The molecule has 102 valence electrons. The van der Waals surface area contributed by atoms with E-state index in [4.69, 9.17) is 9.79 Å². The van der Waals surface area contributed by atoms with E-state index in [1.807, 2.05) is 0 Å². The number of nitrogens with two attached hydrogens (primary N) is 1. The van der Waals surface area contributed by atoms with Crippen LogP contribution in [0.25, 0.3) is 0 Å². The molecule has 2 atom stereocenters. The van der Waals surface area contributed by atoms with E-state index < -0.39 is 20.7 Å². The van der Waals surface area contributed by atoms with Crippen molar-refractivity contribution in [1.82, 2.24) is 0 Å². The third-order valence-corrected chi connectivity index (χ3v) is 6.45. The fourth-order valence-corrected chi connectivity index (χ4v) is 4.55. The van der Waals surface area contributed by atoms with Gasteiger partial charge in [0, 0.05) is 0 Å². The first kappa shape index (κ1) is 19.3. The number of hydrogen-bond acceptors (Lipinski definition) is 4. The fraction of sp³-hybridized carbons (Fsp3) is 1.00. The summed E-state index contributed by atoms with van der Waals surface area (Å²) < 4.78 is 21.9. The average molecular weight is 309 g/mol. The molecule has 2 unspecified atom stereocenters. The van der Waals surface area contributed by atoms with Crippen molar-refractivity contribution in [3.05, 3.63) is 0 Å². The minimum absolute atomic E-state index is 0. The molecule has 1 aliphatic carbocycles. The Balaban J connectivity index is 0.00000289. The molecule has 0 spiro atoms. The monoisotopic (exact) mass is 309 g/mol. The molecule has 1 saturated carbocycles. The van der Waals surface area contributed by atoms with Gasteiger partial charge in [0.15, 0.2) is 15.2 Å². The molecule has 1 rings (SSSR count). The largest absolute Gasteiger partial charge is 1.00 e. The molecule has 4 N–H and O–H groups in total. The van der Waals surface area contributed by atoms with Crippen LogP contribution in [0.4, 0.5) is 0 Å². The molecule has 0 aliphatic heterocycles. The molecule has 10 heteroatoms. The van der Waals surface area contributed by atoms with E-state index in [1.165, 1.54) is 0 Å². The normalized spacial score (nSPS) is 26.2. The second-order valence-electron chi connectivity index (χ2n) is 4.49. The van der Waals surface area contributed by atoms with Gasteiger partial charge in [-0.2, -0.15) is 0 Å². The van der Waals surface area contributed by atoms with Crippen LogP contribution in [-0.4, -0.2) is 21.4 Å². The van der Waals surface area contributed by atoms with Crippen LogP contribution in [0.2, 0.25) is 0 Å². The quantitative estimate of drug-likeness (QED) is 0.273. The maximum Gasteiger partial charge on any atom is 1.00 e. The second-order valence-corrected chi connectivity index (χ2v) is 8.26. The van der Waals surface area contributed by atoms with Crippen LogP contribution in [0.15, 0.2) is 0 Å². The topological polar surface area (TPSA) is 137 Å². The van der Waals surface area contributed by atoms with Crippen LogP contribution in [0.1, 0.15) is 38.5 Å². The first-order valence-corrected chi connectivity index (χ1v) is 8.92. The molecule has 0 saturated heterocycles.